The van der Waals surface area contributed by atoms with Gasteiger partial charge in [-0.05, 0) is 36.6 Å². The number of piperazine rings is 1. The quantitative estimate of drug-likeness (QED) is 0.789. The Morgan fingerprint density at radius 3 is 2.71 bits per heavy atom. The summed E-state index contributed by atoms with van der Waals surface area (Å²) in [5.41, 5.74) is 1.82. The number of hydrogen-bond donors (Lipinski definition) is 1. The second-order valence-electron chi connectivity index (χ2n) is 6.26. The maximum Gasteiger partial charge on any atom is 0.254 e. The van der Waals surface area contributed by atoms with Crippen LogP contribution in [0.15, 0.2) is 48.0 Å². The molecule has 124 valence electrons. The largest absolute Gasteiger partial charge is 0.361 e. The van der Waals surface area contributed by atoms with E-state index in [0.29, 0.717) is 6.04 Å². The van der Waals surface area contributed by atoms with Gasteiger partial charge >= 0.3 is 0 Å². The summed E-state index contributed by atoms with van der Waals surface area (Å²) in [4.78, 5) is 21.9. The van der Waals surface area contributed by atoms with E-state index in [-0.39, 0.29) is 5.91 Å². The Kier molecular flexibility index (Phi) is 4.12. The fourth-order valence-electron chi connectivity index (χ4n) is 3.46. The van der Waals surface area contributed by atoms with Crippen LogP contribution in [0.5, 0.6) is 0 Å². The van der Waals surface area contributed by atoms with E-state index in [1.54, 1.807) is 11.3 Å². The SMILES string of the molecule is CC(c1cccs1)N1CCN(C(=O)c2cccc3[nH]ccc23)CC1. The highest BCUT2D eigenvalue weighted by molar-refractivity contribution is 7.10. The second kappa shape index (κ2) is 6.42. The van der Waals surface area contributed by atoms with Crippen molar-refractivity contribution < 1.29 is 4.79 Å². The van der Waals surface area contributed by atoms with Crippen LogP contribution < -0.4 is 0 Å². The molecule has 4 nitrogen and oxygen atoms in total. The van der Waals surface area contributed by atoms with Crippen LogP contribution in [0.25, 0.3) is 10.9 Å². The van der Waals surface area contributed by atoms with Crippen molar-refractivity contribution in [2.24, 2.45) is 0 Å². The molecule has 0 saturated carbocycles. The first kappa shape index (κ1) is 15.4. The van der Waals surface area contributed by atoms with E-state index in [9.17, 15) is 4.79 Å². The van der Waals surface area contributed by atoms with Crippen molar-refractivity contribution in [3.63, 3.8) is 0 Å². The number of hydrogen-bond acceptors (Lipinski definition) is 3. The van der Waals surface area contributed by atoms with Gasteiger partial charge in [0.1, 0.15) is 0 Å². The van der Waals surface area contributed by atoms with Gasteiger partial charge in [0.2, 0.25) is 0 Å². The maximum atomic E-state index is 12.9. The molecule has 2 aromatic heterocycles. The molecule has 1 aromatic carbocycles. The number of benzene rings is 1. The van der Waals surface area contributed by atoms with Gasteiger partial charge < -0.3 is 9.88 Å². The lowest BCUT2D eigenvalue weighted by molar-refractivity contribution is 0.0586. The molecule has 4 rings (SSSR count). The predicted molar refractivity (Wildman–Crippen MR) is 98.5 cm³/mol. The van der Waals surface area contributed by atoms with Crippen molar-refractivity contribution >= 4 is 28.1 Å². The number of nitrogens with one attached hydrogen (secondary N) is 1. The zero-order chi connectivity index (χ0) is 16.5. The van der Waals surface area contributed by atoms with Crippen LogP contribution in [0.4, 0.5) is 0 Å². The summed E-state index contributed by atoms with van der Waals surface area (Å²) in [6.07, 6.45) is 1.89. The summed E-state index contributed by atoms with van der Waals surface area (Å²) < 4.78 is 0. The lowest BCUT2D eigenvalue weighted by atomic mass is 10.1. The Bertz CT molecular complexity index is 831. The minimum atomic E-state index is 0.142. The number of H-pyrrole nitrogens is 1. The summed E-state index contributed by atoms with van der Waals surface area (Å²) in [7, 11) is 0. The standard InChI is InChI=1S/C19H21N3OS/c1-14(18-6-3-13-24-18)21-9-11-22(12-10-21)19(23)16-4-2-5-17-15(16)7-8-20-17/h2-8,13-14,20H,9-12H2,1H3. The van der Waals surface area contributed by atoms with Crippen LogP contribution in [0.1, 0.15) is 28.2 Å². The summed E-state index contributed by atoms with van der Waals surface area (Å²) in [6, 6.07) is 12.6. The Hall–Kier alpha value is -2.11. The normalized spacial score (nSPS) is 17.3. The van der Waals surface area contributed by atoms with E-state index >= 15 is 0 Å². The average Bonchev–Trinajstić information content (AvgIpc) is 3.31. The third-order valence-corrected chi connectivity index (χ3v) is 5.97. The van der Waals surface area contributed by atoms with E-state index in [2.05, 4.69) is 34.3 Å². The maximum absolute atomic E-state index is 12.9. The molecule has 0 aliphatic carbocycles. The molecule has 1 fully saturated rings. The summed E-state index contributed by atoms with van der Waals surface area (Å²) in [5.74, 6) is 0.142. The average molecular weight is 339 g/mol. The van der Waals surface area contributed by atoms with Crippen molar-refractivity contribution in [2.75, 3.05) is 26.2 Å². The van der Waals surface area contributed by atoms with Crippen molar-refractivity contribution in [2.45, 2.75) is 13.0 Å². The van der Waals surface area contributed by atoms with Gasteiger partial charge in [0, 0.05) is 59.8 Å². The van der Waals surface area contributed by atoms with Gasteiger partial charge in [-0.1, -0.05) is 12.1 Å². The van der Waals surface area contributed by atoms with E-state index in [1.807, 2.05) is 35.4 Å². The highest BCUT2D eigenvalue weighted by Crippen LogP contribution is 2.26. The number of carbonyl (C=O) groups is 1. The molecular formula is C19H21N3OS. The molecule has 24 heavy (non-hydrogen) atoms. The van der Waals surface area contributed by atoms with Crippen molar-refractivity contribution in [3.05, 3.63) is 58.4 Å². The van der Waals surface area contributed by atoms with E-state index < -0.39 is 0 Å². The molecule has 0 radical (unpaired) electrons. The summed E-state index contributed by atoms with van der Waals surface area (Å²) in [5, 5.41) is 3.14. The molecule has 1 N–H and O–H groups in total. The number of aromatic nitrogens is 1. The van der Waals surface area contributed by atoms with Crippen molar-refractivity contribution in [1.82, 2.24) is 14.8 Å². The molecule has 3 heterocycles. The molecule has 1 atom stereocenters. The van der Waals surface area contributed by atoms with Crippen LogP contribution in [-0.2, 0) is 0 Å². The predicted octanol–water partition coefficient (Wildman–Crippen LogP) is 3.75. The molecule has 1 aliphatic heterocycles. The Labute approximate surface area is 145 Å². The highest BCUT2D eigenvalue weighted by atomic mass is 32.1. The number of thiophene rings is 1. The second-order valence-corrected chi connectivity index (χ2v) is 7.24. The lowest BCUT2D eigenvalue weighted by Gasteiger charge is -2.37. The molecule has 5 heteroatoms. The number of nitrogens with zero attached hydrogens (tertiary/aromatic N) is 2. The van der Waals surface area contributed by atoms with Gasteiger partial charge in [0.15, 0.2) is 0 Å². The van der Waals surface area contributed by atoms with Crippen LogP contribution in [0.2, 0.25) is 0 Å². The number of aromatic amines is 1. The van der Waals surface area contributed by atoms with E-state index in [4.69, 9.17) is 0 Å². The first-order chi connectivity index (χ1) is 11.7. The van der Waals surface area contributed by atoms with Crippen molar-refractivity contribution in [1.29, 1.82) is 0 Å². The van der Waals surface area contributed by atoms with Crippen molar-refractivity contribution in [3.8, 4) is 0 Å². The molecule has 1 saturated heterocycles. The molecule has 0 bridgehead atoms. The van der Waals surface area contributed by atoms with E-state index in [1.165, 1.54) is 4.88 Å². The monoisotopic (exact) mass is 339 g/mol. The van der Waals surface area contributed by atoms with Gasteiger partial charge in [-0.2, -0.15) is 0 Å². The van der Waals surface area contributed by atoms with Gasteiger partial charge in [0.05, 0.1) is 0 Å². The molecule has 1 amide bonds. The Morgan fingerprint density at radius 1 is 1.12 bits per heavy atom. The summed E-state index contributed by atoms with van der Waals surface area (Å²) >= 11 is 1.81. The fraction of sp³-hybridized carbons (Fsp3) is 0.316. The van der Waals surface area contributed by atoms with Crippen LogP contribution >= 0.6 is 11.3 Å². The minimum absolute atomic E-state index is 0.142. The molecule has 1 aliphatic rings. The lowest BCUT2D eigenvalue weighted by Crippen LogP contribution is -2.49. The van der Waals surface area contributed by atoms with Gasteiger partial charge in [-0.25, -0.2) is 0 Å². The zero-order valence-corrected chi connectivity index (χ0v) is 14.6. The number of fused-ring (bicyclic) bond motifs is 1. The smallest absolute Gasteiger partial charge is 0.254 e. The third-order valence-electron chi connectivity index (χ3n) is 4.93. The van der Waals surface area contributed by atoms with E-state index in [0.717, 1.165) is 42.6 Å². The molecular weight excluding hydrogens is 318 g/mol. The molecule has 1 unspecified atom stereocenters. The van der Waals surface area contributed by atoms with Gasteiger partial charge in [-0.15, -0.1) is 11.3 Å². The first-order valence-corrected chi connectivity index (χ1v) is 9.25. The fourth-order valence-corrected chi connectivity index (χ4v) is 4.28. The van der Waals surface area contributed by atoms with Crippen LogP contribution in [0, 0.1) is 0 Å². The molecule has 3 aromatic rings. The van der Waals surface area contributed by atoms with Crippen LogP contribution in [0.3, 0.4) is 0 Å². The zero-order valence-electron chi connectivity index (χ0n) is 13.7. The first-order valence-electron chi connectivity index (χ1n) is 8.37. The Morgan fingerprint density at radius 2 is 1.96 bits per heavy atom. The topological polar surface area (TPSA) is 39.3 Å². The molecule has 0 spiro atoms. The number of amides is 1. The minimum Gasteiger partial charge on any atom is -0.361 e. The van der Waals surface area contributed by atoms with Crippen LogP contribution in [-0.4, -0.2) is 46.9 Å². The number of carbonyl (C=O) groups excluding carboxylic acids is 1. The Balaban J connectivity index is 1.46. The number of rotatable bonds is 3. The highest BCUT2D eigenvalue weighted by Gasteiger charge is 2.26. The van der Waals surface area contributed by atoms with Gasteiger partial charge in [-0.3, -0.25) is 9.69 Å². The third kappa shape index (κ3) is 2.74. The summed E-state index contributed by atoms with van der Waals surface area (Å²) in [6.45, 7) is 5.68. The van der Waals surface area contributed by atoms with Gasteiger partial charge in [0.25, 0.3) is 5.91 Å².